The fraction of sp³-hybridized carbons (Fsp3) is 0.615. The van der Waals surface area contributed by atoms with Gasteiger partial charge in [-0.25, -0.2) is 0 Å². The van der Waals surface area contributed by atoms with Gasteiger partial charge in [-0.1, -0.05) is 0 Å². The number of rotatable bonds is 4. The highest BCUT2D eigenvalue weighted by atomic mass is 16.5. The van der Waals surface area contributed by atoms with Gasteiger partial charge in [0, 0.05) is 12.6 Å². The molecule has 0 aromatic carbocycles. The number of furan rings is 1. The summed E-state index contributed by atoms with van der Waals surface area (Å²) in [6.07, 6.45) is 4.08. The smallest absolute Gasteiger partial charge is 0.203 e. The highest BCUT2D eigenvalue weighted by Gasteiger charge is 2.40. The molecule has 3 rings (SSSR count). The molecular weight excluding hydrogens is 216 g/mol. The van der Waals surface area contributed by atoms with Crippen molar-refractivity contribution in [2.24, 2.45) is 5.92 Å². The van der Waals surface area contributed by atoms with E-state index in [1.165, 1.54) is 12.8 Å². The largest absolute Gasteiger partial charge is 0.449 e. The van der Waals surface area contributed by atoms with Crippen LogP contribution in [0.25, 0.3) is 0 Å². The van der Waals surface area contributed by atoms with Crippen LogP contribution in [0.15, 0.2) is 16.5 Å². The van der Waals surface area contributed by atoms with Crippen molar-refractivity contribution in [1.29, 1.82) is 5.26 Å². The van der Waals surface area contributed by atoms with Crippen molar-refractivity contribution in [3.05, 3.63) is 23.7 Å². The Morgan fingerprint density at radius 3 is 2.94 bits per heavy atom. The minimum atomic E-state index is 0.378. The first-order valence-corrected chi connectivity index (χ1v) is 6.20. The normalized spacial score (nSPS) is 28.2. The summed E-state index contributed by atoms with van der Waals surface area (Å²) in [4.78, 5) is 0. The molecule has 17 heavy (non-hydrogen) atoms. The maximum atomic E-state index is 8.67. The van der Waals surface area contributed by atoms with Gasteiger partial charge in [-0.15, -0.1) is 0 Å². The van der Waals surface area contributed by atoms with Crippen LogP contribution >= 0.6 is 0 Å². The second kappa shape index (κ2) is 4.52. The van der Waals surface area contributed by atoms with E-state index >= 15 is 0 Å². The van der Waals surface area contributed by atoms with Crippen molar-refractivity contribution in [3.8, 4) is 6.07 Å². The third kappa shape index (κ3) is 2.36. The Labute approximate surface area is 101 Å². The van der Waals surface area contributed by atoms with Crippen LogP contribution in [0.2, 0.25) is 0 Å². The molecule has 1 N–H and O–H groups in total. The first-order chi connectivity index (χ1) is 8.36. The molecule has 4 heteroatoms. The fourth-order valence-corrected chi connectivity index (χ4v) is 2.48. The Kier molecular flexibility index (Phi) is 2.87. The van der Waals surface area contributed by atoms with E-state index in [1.807, 2.05) is 12.1 Å². The summed E-state index contributed by atoms with van der Waals surface area (Å²) in [5.74, 6) is 1.97. The van der Waals surface area contributed by atoms with Gasteiger partial charge < -0.3 is 14.5 Å². The van der Waals surface area contributed by atoms with Crippen LogP contribution < -0.4 is 5.32 Å². The van der Waals surface area contributed by atoms with Gasteiger partial charge in [0.05, 0.1) is 12.6 Å². The van der Waals surface area contributed by atoms with Crippen molar-refractivity contribution in [2.45, 2.75) is 38.0 Å². The van der Waals surface area contributed by atoms with E-state index in [0.29, 0.717) is 24.5 Å². The highest BCUT2D eigenvalue weighted by Crippen LogP contribution is 2.38. The summed E-state index contributed by atoms with van der Waals surface area (Å²) in [7, 11) is 0. The Balaban J connectivity index is 1.54. The Morgan fingerprint density at radius 2 is 2.24 bits per heavy atom. The molecule has 1 aromatic heterocycles. The lowest BCUT2D eigenvalue weighted by Gasteiger charge is -2.18. The molecule has 2 fully saturated rings. The highest BCUT2D eigenvalue weighted by molar-refractivity contribution is 5.19. The fourth-order valence-electron chi connectivity index (χ4n) is 2.48. The van der Waals surface area contributed by atoms with E-state index in [-0.39, 0.29) is 0 Å². The monoisotopic (exact) mass is 232 g/mol. The van der Waals surface area contributed by atoms with Gasteiger partial charge in [0.15, 0.2) is 0 Å². The van der Waals surface area contributed by atoms with E-state index in [2.05, 4.69) is 5.32 Å². The molecule has 0 radical (unpaired) electrons. The molecule has 1 aliphatic heterocycles. The molecule has 1 saturated carbocycles. The molecule has 0 spiro atoms. The van der Waals surface area contributed by atoms with Crippen LogP contribution in [0, 0.1) is 17.2 Å². The molecule has 2 atom stereocenters. The standard InChI is InChI=1S/C13H16N2O2/c14-7-10-3-4-11(17-10)8-15-12-5-6-16-13(12)9-1-2-9/h3-4,9,12-13,15H,1-2,5-6,8H2. The molecule has 1 aromatic rings. The molecule has 2 heterocycles. The second-order valence-electron chi connectivity index (χ2n) is 4.83. The number of ether oxygens (including phenoxy) is 1. The van der Waals surface area contributed by atoms with E-state index in [1.54, 1.807) is 6.07 Å². The van der Waals surface area contributed by atoms with Crippen LogP contribution in [0.3, 0.4) is 0 Å². The van der Waals surface area contributed by atoms with Gasteiger partial charge in [-0.2, -0.15) is 5.26 Å². The van der Waals surface area contributed by atoms with Gasteiger partial charge in [-0.05, 0) is 37.3 Å². The average Bonchev–Trinajstić information content (AvgIpc) is 2.93. The summed E-state index contributed by atoms with van der Waals surface area (Å²) < 4.78 is 11.1. The summed E-state index contributed by atoms with van der Waals surface area (Å²) in [6.45, 7) is 1.54. The SMILES string of the molecule is N#Cc1ccc(CNC2CCOC2C2CC2)o1. The predicted octanol–water partition coefficient (Wildman–Crippen LogP) is 1.81. The average molecular weight is 232 g/mol. The number of nitriles is 1. The van der Waals surface area contributed by atoms with E-state index in [9.17, 15) is 0 Å². The molecule has 2 aliphatic rings. The quantitative estimate of drug-likeness (QED) is 0.860. The molecule has 4 nitrogen and oxygen atoms in total. The molecule has 2 unspecified atom stereocenters. The van der Waals surface area contributed by atoms with Crippen molar-refractivity contribution in [3.63, 3.8) is 0 Å². The van der Waals surface area contributed by atoms with Gasteiger partial charge >= 0.3 is 0 Å². The van der Waals surface area contributed by atoms with E-state index in [0.717, 1.165) is 24.7 Å². The summed E-state index contributed by atoms with van der Waals surface area (Å²) in [5.41, 5.74) is 0. The Hall–Kier alpha value is -1.31. The Bertz CT molecular complexity index is 431. The van der Waals surface area contributed by atoms with Crippen LogP contribution in [-0.4, -0.2) is 18.8 Å². The third-order valence-electron chi connectivity index (χ3n) is 3.53. The summed E-state index contributed by atoms with van der Waals surface area (Å²) >= 11 is 0. The topological polar surface area (TPSA) is 58.2 Å². The number of nitrogens with one attached hydrogen (secondary N) is 1. The van der Waals surface area contributed by atoms with Crippen LogP contribution in [0.4, 0.5) is 0 Å². The van der Waals surface area contributed by atoms with Gasteiger partial charge in [0.25, 0.3) is 0 Å². The van der Waals surface area contributed by atoms with E-state index < -0.39 is 0 Å². The van der Waals surface area contributed by atoms with Gasteiger partial charge in [0.2, 0.25) is 5.76 Å². The number of hydrogen-bond donors (Lipinski definition) is 1. The lowest BCUT2D eigenvalue weighted by molar-refractivity contribution is 0.0805. The van der Waals surface area contributed by atoms with Crippen molar-refractivity contribution >= 4 is 0 Å². The first kappa shape index (κ1) is 10.8. The number of hydrogen-bond acceptors (Lipinski definition) is 4. The van der Waals surface area contributed by atoms with Crippen molar-refractivity contribution in [2.75, 3.05) is 6.61 Å². The minimum absolute atomic E-state index is 0.378. The zero-order valence-corrected chi connectivity index (χ0v) is 9.69. The van der Waals surface area contributed by atoms with Gasteiger partial charge in [-0.3, -0.25) is 0 Å². The summed E-state index contributed by atoms with van der Waals surface area (Å²) in [6, 6.07) is 6.00. The molecule has 90 valence electrons. The van der Waals surface area contributed by atoms with Gasteiger partial charge in [0.1, 0.15) is 11.8 Å². The Morgan fingerprint density at radius 1 is 1.35 bits per heavy atom. The molecular formula is C13H16N2O2. The summed E-state index contributed by atoms with van der Waals surface area (Å²) in [5, 5.41) is 12.1. The predicted molar refractivity (Wildman–Crippen MR) is 61.1 cm³/mol. The molecule has 0 bridgehead atoms. The molecule has 1 saturated heterocycles. The molecule has 0 amide bonds. The zero-order valence-electron chi connectivity index (χ0n) is 9.69. The van der Waals surface area contributed by atoms with E-state index in [4.69, 9.17) is 14.4 Å². The lowest BCUT2D eigenvalue weighted by atomic mass is 10.1. The molecule has 1 aliphatic carbocycles. The zero-order chi connectivity index (χ0) is 11.7. The lowest BCUT2D eigenvalue weighted by Crippen LogP contribution is -2.37. The van der Waals surface area contributed by atoms with Crippen LogP contribution in [0.5, 0.6) is 0 Å². The van der Waals surface area contributed by atoms with Crippen molar-refractivity contribution in [1.82, 2.24) is 5.32 Å². The first-order valence-electron chi connectivity index (χ1n) is 6.20. The maximum Gasteiger partial charge on any atom is 0.203 e. The third-order valence-corrected chi connectivity index (χ3v) is 3.53. The van der Waals surface area contributed by atoms with Crippen molar-refractivity contribution < 1.29 is 9.15 Å². The van der Waals surface area contributed by atoms with Crippen LogP contribution in [0.1, 0.15) is 30.8 Å². The maximum absolute atomic E-state index is 8.67. The van der Waals surface area contributed by atoms with Crippen LogP contribution in [-0.2, 0) is 11.3 Å². The second-order valence-corrected chi connectivity index (χ2v) is 4.83. The minimum Gasteiger partial charge on any atom is -0.449 e. The number of nitrogens with zero attached hydrogens (tertiary/aromatic N) is 1.